The molecule has 1 heterocycles. The molecule has 0 radical (unpaired) electrons. The number of pyridine rings is 1. The SMILES string of the molecule is COc1c(Nc2c(NC(C)C(C)C)c(=O)c2=O)ccnc1C(=O)N(C)C. The molecule has 2 aromatic rings. The van der Waals surface area contributed by atoms with Gasteiger partial charge in [0.05, 0.1) is 12.8 Å². The molecular formula is C18H24N4O4. The number of aromatic nitrogens is 1. The number of carbonyl (C=O) groups is 1. The van der Waals surface area contributed by atoms with Gasteiger partial charge in [-0.05, 0) is 18.9 Å². The minimum atomic E-state index is -0.609. The van der Waals surface area contributed by atoms with E-state index in [0.717, 1.165) is 0 Å². The summed E-state index contributed by atoms with van der Waals surface area (Å²) in [6.45, 7) is 5.97. The van der Waals surface area contributed by atoms with Crippen molar-refractivity contribution >= 4 is 23.0 Å². The lowest BCUT2D eigenvalue weighted by atomic mass is 10.0. The van der Waals surface area contributed by atoms with Gasteiger partial charge in [0.2, 0.25) is 0 Å². The van der Waals surface area contributed by atoms with Crippen molar-refractivity contribution in [2.75, 3.05) is 31.8 Å². The molecule has 1 aromatic heterocycles. The summed E-state index contributed by atoms with van der Waals surface area (Å²) in [4.78, 5) is 41.6. The molecule has 0 saturated carbocycles. The Morgan fingerprint density at radius 3 is 2.31 bits per heavy atom. The van der Waals surface area contributed by atoms with Gasteiger partial charge in [0, 0.05) is 26.3 Å². The standard InChI is InChI=1S/C18H24N4O4/c1-9(2)10(3)20-12-13(16(24)15(12)23)21-11-7-8-19-14(17(11)26-6)18(25)22(4)5/h7-10,20H,1-6H3,(H,19,21). The van der Waals surface area contributed by atoms with Gasteiger partial charge in [-0.15, -0.1) is 0 Å². The third-order valence-corrected chi connectivity index (χ3v) is 4.26. The van der Waals surface area contributed by atoms with Crippen LogP contribution in [0.1, 0.15) is 31.3 Å². The van der Waals surface area contributed by atoms with Crippen LogP contribution in [-0.4, -0.2) is 43.0 Å². The largest absolute Gasteiger partial charge is 0.492 e. The fourth-order valence-electron chi connectivity index (χ4n) is 2.30. The van der Waals surface area contributed by atoms with Crippen molar-refractivity contribution in [3.63, 3.8) is 0 Å². The summed E-state index contributed by atoms with van der Waals surface area (Å²) >= 11 is 0. The number of methoxy groups -OCH3 is 1. The fourth-order valence-corrected chi connectivity index (χ4v) is 2.30. The van der Waals surface area contributed by atoms with E-state index in [4.69, 9.17) is 4.74 Å². The first-order valence-electron chi connectivity index (χ1n) is 8.30. The lowest BCUT2D eigenvalue weighted by molar-refractivity contribution is 0.0818. The average Bonchev–Trinajstić information content (AvgIpc) is 2.62. The van der Waals surface area contributed by atoms with Crippen molar-refractivity contribution < 1.29 is 9.53 Å². The van der Waals surface area contributed by atoms with E-state index in [-0.39, 0.29) is 40.7 Å². The van der Waals surface area contributed by atoms with Gasteiger partial charge in [0.25, 0.3) is 16.8 Å². The molecule has 1 atom stereocenters. The Morgan fingerprint density at radius 2 is 1.77 bits per heavy atom. The highest BCUT2D eigenvalue weighted by Crippen LogP contribution is 2.32. The Hall–Kier alpha value is -2.90. The van der Waals surface area contributed by atoms with Crippen LogP contribution in [0.4, 0.5) is 17.1 Å². The molecular weight excluding hydrogens is 336 g/mol. The van der Waals surface area contributed by atoms with Crippen LogP contribution in [0.5, 0.6) is 5.75 Å². The maximum Gasteiger partial charge on any atom is 0.275 e. The van der Waals surface area contributed by atoms with Crippen LogP contribution in [0.3, 0.4) is 0 Å². The van der Waals surface area contributed by atoms with Crippen LogP contribution < -0.4 is 26.2 Å². The highest BCUT2D eigenvalue weighted by atomic mass is 16.5. The number of amides is 1. The molecule has 0 fully saturated rings. The number of hydrogen-bond donors (Lipinski definition) is 2. The topological polar surface area (TPSA) is 101 Å². The van der Waals surface area contributed by atoms with Crippen molar-refractivity contribution in [1.29, 1.82) is 0 Å². The van der Waals surface area contributed by atoms with E-state index in [0.29, 0.717) is 5.69 Å². The Bertz CT molecular complexity index is 882. The number of carbonyl (C=O) groups excluding carboxylic acids is 1. The molecule has 2 rings (SSSR count). The Kier molecular flexibility index (Phi) is 5.64. The van der Waals surface area contributed by atoms with Gasteiger partial charge in [-0.1, -0.05) is 13.8 Å². The second-order valence-corrected chi connectivity index (χ2v) is 6.65. The molecule has 26 heavy (non-hydrogen) atoms. The number of ether oxygens (including phenoxy) is 1. The van der Waals surface area contributed by atoms with E-state index < -0.39 is 10.9 Å². The summed E-state index contributed by atoms with van der Waals surface area (Å²) in [5.41, 5.74) is -0.252. The van der Waals surface area contributed by atoms with Crippen LogP contribution in [0.15, 0.2) is 21.9 Å². The quantitative estimate of drug-likeness (QED) is 0.723. The van der Waals surface area contributed by atoms with Gasteiger partial charge in [-0.25, -0.2) is 4.98 Å². The van der Waals surface area contributed by atoms with E-state index in [1.165, 1.54) is 18.2 Å². The van der Waals surface area contributed by atoms with Crippen molar-refractivity contribution in [3.05, 3.63) is 38.4 Å². The summed E-state index contributed by atoms with van der Waals surface area (Å²) in [5.74, 6) is 0.163. The van der Waals surface area contributed by atoms with Gasteiger partial charge in [0.1, 0.15) is 11.4 Å². The van der Waals surface area contributed by atoms with Gasteiger partial charge in [0.15, 0.2) is 11.4 Å². The smallest absolute Gasteiger partial charge is 0.275 e. The van der Waals surface area contributed by atoms with Gasteiger partial charge < -0.3 is 20.3 Å². The van der Waals surface area contributed by atoms with Crippen molar-refractivity contribution in [3.8, 4) is 5.75 Å². The fraction of sp³-hybridized carbons (Fsp3) is 0.444. The molecule has 1 amide bonds. The minimum absolute atomic E-state index is 0.0177. The molecule has 8 nitrogen and oxygen atoms in total. The molecule has 8 heteroatoms. The van der Waals surface area contributed by atoms with Crippen LogP contribution >= 0.6 is 0 Å². The first-order chi connectivity index (χ1) is 12.2. The molecule has 0 saturated heterocycles. The molecule has 140 valence electrons. The third-order valence-electron chi connectivity index (χ3n) is 4.26. The predicted octanol–water partition coefficient (Wildman–Crippen LogP) is 1.59. The highest BCUT2D eigenvalue weighted by molar-refractivity contribution is 5.97. The summed E-state index contributed by atoms with van der Waals surface area (Å²) in [6, 6.07) is 1.60. The summed E-state index contributed by atoms with van der Waals surface area (Å²) in [5, 5.41) is 5.99. The number of rotatable bonds is 7. The highest BCUT2D eigenvalue weighted by Gasteiger charge is 2.26. The molecule has 0 aliphatic rings. The second-order valence-electron chi connectivity index (χ2n) is 6.65. The summed E-state index contributed by atoms with van der Waals surface area (Å²) in [7, 11) is 4.63. The summed E-state index contributed by atoms with van der Waals surface area (Å²) in [6.07, 6.45) is 1.44. The van der Waals surface area contributed by atoms with Crippen LogP contribution in [-0.2, 0) is 0 Å². The zero-order chi connectivity index (χ0) is 19.6. The molecule has 1 aromatic carbocycles. The first-order valence-corrected chi connectivity index (χ1v) is 8.30. The third kappa shape index (κ3) is 3.54. The maximum atomic E-state index is 12.3. The van der Waals surface area contributed by atoms with Gasteiger partial charge in [-0.3, -0.25) is 14.4 Å². The predicted molar refractivity (Wildman–Crippen MR) is 101 cm³/mol. The average molecular weight is 360 g/mol. The van der Waals surface area contributed by atoms with Gasteiger partial charge >= 0.3 is 0 Å². The second kappa shape index (κ2) is 7.55. The molecule has 1 unspecified atom stereocenters. The Balaban J connectivity index is 2.40. The number of anilines is 3. The monoisotopic (exact) mass is 360 g/mol. The van der Waals surface area contributed by atoms with E-state index in [9.17, 15) is 14.4 Å². The van der Waals surface area contributed by atoms with E-state index >= 15 is 0 Å². The molecule has 0 aliphatic carbocycles. The Labute approximate surface area is 151 Å². The first kappa shape index (κ1) is 19.4. The lowest BCUT2D eigenvalue weighted by Crippen LogP contribution is -2.39. The molecule has 0 aliphatic heterocycles. The summed E-state index contributed by atoms with van der Waals surface area (Å²) < 4.78 is 5.32. The number of nitrogens with one attached hydrogen (secondary N) is 2. The molecule has 0 spiro atoms. The lowest BCUT2D eigenvalue weighted by Gasteiger charge is -2.22. The molecule has 2 N–H and O–H groups in total. The zero-order valence-corrected chi connectivity index (χ0v) is 15.8. The van der Waals surface area contributed by atoms with Crippen molar-refractivity contribution in [2.24, 2.45) is 5.92 Å². The van der Waals surface area contributed by atoms with E-state index in [2.05, 4.69) is 15.6 Å². The van der Waals surface area contributed by atoms with E-state index in [1.54, 1.807) is 20.2 Å². The Morgan fingerprint density at radius 1 is 1.15 bits per heavy atom. The van der Waals surface area contributed by atoms with Crippen LogP contribution in [0, 0.1) is 5.92 Å². The van der Waals surface area contributed by atoms with Crippen LogP contribution in [0.2, 0.25) is 0 Å². The van der Waals surface area contributed by atoms with Crippen LogP contribution in [0.25, 0.3) is 0 Å². The number of hydrogen-bond acceptors (Lipinski definition) is 7. The number of nitrogens with zero attached hydrogens (tertiary/aromatic N) is 2. The van der Waals surface area contributed by atoms with Gasteiger partial charge in [-0.2, -0.15) is 0 Å². The minimum Gasteiger partial charge on any atom is -0.492 e. The van der Waals surface area contributed by atoms with Crippen molar-refractivity contribution in [1.82, 2.24) is 9.88 Å². The normalized spacial score (nSPS) is 12.1. The van der Waals surface area contributed by atoms with E-state index in [1.807, 2.05) is 20.8 Å². The maximum absolute atomic E-state index is 12.3. The van der Waals surface area contributed by atoms with Crippen molar-refractivity contribution in [2.45, 2.75) is 26.8 Å². The zero-order valence-electron chi connectivity index (χ0n) is 15.8. The molecule has 0 bridgehead atoms.